The molecule has 0 amide bonds. The second kappa shape index (κ2) is 16.3. The molecule has 0 fully saturated rings. The zero-order valence-electron chi connectivity index (χ0n) is 22.5. The minimum absolute atomic E-state index is 0. The molecule has 0 N–H and O–H groups in total. The van der Waals surface area contributed by atoms with Crippen molar-refractivity contribution in [3.05, 3.63) is 105 Å². The molecular formula is C34H54. The van der Waals surface area contributed by atoms with E-state index in [9.17, 15) is 0 Å². The van der Waals surface area contributed by atoms with Crippen LogP contribution in [0.5, 0.6) is 0 Å². The van der Waals surface area contributed by atoms with Gasteiger partial charge in [-0.15, -0.1) is 0 Å². The van der Waals surface area contributed by atoms with Gasteiger partial charge in [0.1, 0.15) is 0 Å². The predicted octanol–water partition coefficient (Wildman–Crippen LogP) is 11.2. The maximum Gasteiger partial charge on any atom is -0.0216 e. The molecule has 0 heteroatoms. The smallest absolute Gasteiger partial charge is 0.0216 e. The van der Waals surface area contributed by atoms with Crippen LogP contribution >= 0.6 is 0 Å². The third-order valence-electron chi connectivity index (χ3n) is 6.21. The number of benzene rings is 3. The quantitative estimate of drug-likeness (QED) is 0.363. The van der Waals surface area contributed by atoms with Crippen molar-refractivity contribution in [1.29, 1.82) is 0 Å². The van der Waals surface area contributed by atoms with Crippen molar-refractivity contribution in [3.63, 3.8) is 0 Å². The first kappa shape index (κ1) is 33.8. The van der Waals surface area contributed by atoms with Crippen molar-refractivity contribution in [2.75, 3.05) is 0 Å². The lowest BCUT2D eigenvalue weighted by atomic mass is 9.95. The third kappa shape index (κ3) is 11.2. The van der Waals surface area contributed by atoms with Gasteiger partial charge in [0.15, 0.2) is 0 Å². The summed E-state index contributed by atoms with van der Waals surface area (Å²) in [5.41, 5.74) is 11.3. The van der Waals surface area contributed by atoms with Gasteiger partial charge in [-0.2, -0.15) is 0 Å². The molecule has 0 unspecified atom stereocenters. The van der Waals surface area contributed by atoms with Crippen molar-refractivity contribution >= 4 is 0 Å². The molecule has 0 aliphatic heterocycles. The molecule has 0 heterocycles. The standard InChI is InChI=1S/2C11H16.C10H14.2CH4/c1-8(2)11-6-5-9(3)10(4)7-11;1-8(2)11-7-5-6-9(3)10(11)4;1-8(2)10-6-4-9(3)5-7-10;;/h2*5-8H,1-4H3;4-8H,1-3H3;2*1H4. The third-order valence-corrected chi connectivity index (χ3v) is 6.21. The Labute approximate surface area is 213 Å². The van der Waals surface area contributed by atoms with E-state index in [-0.39, 0.29) is 14.9 Å². The average Bonchev–Trinajstić information content (AvgIpc) is 2.73. The molecule has 0 radical (unpaired) electrons. The number of aryl methyl sites for hydroxylation is 4. The van der Waals surface area contributed by atoms with E-state index in [0.717, 1.165) is 0 Å². The first-order valence-corrected chi connectivity index (χ1v) is 12.1. The Morgan fingerprint density at radius 1 is 0.471 bits per heavy atom. The summed E-state index contributed by atoms with van der Waals surface area (Å²) in [5, 5.41) is 0. The van der Waals surface area contributed by atoms with Gasteiger partial charge in [0.05, 0.1) is 0 Å². The van der Waals surface area contributed by atoms with Crippen molar-refractivity contribution in [2.45, 2.75) is 109 Å². The lowest BCUT2D eigenvalue weighted by Gasteiger charge is -2.10. The van der Waals surface area contributed by atoms with Gasteiger partial charge < -0.3 is 0 Å². The highest BCUT2D eigenvalue weighted by Crippen LogP contribution is 2.21. The lowest BCUT2D eigenvalue weighted by molar-refractivity contribution is 0.854. The summed E-state index contributed by atoms with van der Waals surface area (Å²) in [6, 6.07) is 21.9. The highest BCUT2D eigenvalue weighted by molar-refractivity contribution is 5.35. The first-order valence-electron chi connectivity index (χ1n) is 12.1. The first-order chi connectivity index (χ1) is 14.9. The molecule has 0 atom stereocenters. The highest BCUT2D eigenvalue weighted by atomic mass is 14.1. The molecular weight excluding hydrogens is 408 g/mol. The molecule has 0 saturated heterocycles. The number of rotatable bonds is 3. The average molecular weight is 463 g/mol. The highest BCUT2D eigenvalue weighted by Gasteiger charge is 2.03. The van der Waals surface area contributed by atoms with E-state index < -0.39 is 0 Å². The van der Waals surface area contributed by atoms with Crippen molar-refractivity contribution in [1.82, 2.24) is 0 Å². The van der Waals surface area contributed by atoms with Gasteiger partial charge in [0, 0.05) is 0 Å². The Morgan fingerprint density at radius 3 is 1.38 bits per heavy atom. The molecule has 0 aliphatic rings. The minimum atomic E-state index is 0. The van der Waals surface area contributed by atoms with E-state index in [1.165, 1.54) is 44.5 Å². The summed E-state index contributed by atoms with van der Waals surface area (Å²) in [7, 11) is 0. The molecule has 0 spiro atoms. The van der Waals surface area contributed by atoms with Crippen LogP contribution in [0.1, 0.15) is 119 Å². The van der Waals surface area contributed by atoms with Gasteiger partial charge in [-0.1, -0.05) is 123 Å². The van der Waals surface area contributed by atoms with E-state index in [0.29, 0.717) is 17.8 Å². The van der Waals surface area contributed by atoms with E-state index in [1.54, 1.807) is 0 Å². The van der Waals surface area contributed by atoms with E-state index in [2.05, 4.69) is 137 Å². The van der Waals surface area contributed by atoms with E-state index >= 15 is 0 Å². The van der Waals surface area contributed by atoms with Crippen LogP contribution in [0, 0.1) is 34.6 Å². The monoisotopic (exact) mass is 462 g/mol. The van der Waals surface area contributed by atoms with Crippen LogP contribution in [0.4, 0.5) is 0 Å². The van der Waals surface area contributed by atoms with Crippen LogP contribution in [0.2, 0.25) is 0 Å². The predicted molar refractivity (Wildman–Crippen MR) is 159 cm³/mol. The van der Waals surface area contributed by atoms with Gasteiger partial charge in [0.25, 0.3) is 0 Å². The molecule has 0 nitrogen and oxygen atoms in total. The summed E-state index contributed by atoms with van der Waals surface area (Å²) < 4.78 is 0. The fourth-order valence-electron chi connectivity index (χ4n) is 3.47. The van der Waals surface area contributed by atoms with Gasteiger partial charge in [-0.3, -0.25) is 0 Å². The van der Waals surface area contributed by atoms with Crippen LogP contribution in [0.3, 0.4) is 0 Å². The second-order valence-corrected chi connectivity index (χ2v) is 10.0. The Bertz CT molecular complexity index is 940. The molecule has 0 bridgehead atoms. The number of hydrogen-bond donors (Lipinski definition) is 0. The van der Waals surface area contributed by atoms with Gasteiger partial charge >= 0.3 is 0 Å². The molecule has 34 heavy (non-hydrogen) atoms. The molecule has 3 aromatic carbocycles. The van der Waals surface area contributed by atoms with E-state index in [4.69, 9.17) is 0 Å². The molecule has 0 aromatic heterocycles. The molecule has 190 valence electrons. The van der Waals surface area contributed by atoms with Crippen LogP contribution in [0.25, 0.3) is 0 Å². The Hall–Kier alpha value is -2.34. The van der Waals surface area contributed by atoms with Gasteiger partial charge in [-0.25, -0.2) is 0 Å². The van der Waals surface area contributed by atoms with Gasteiger partial charge in [-0.05, 0) is 91.3 Å². The maximum absolute atomic E-state index is 2.28. The van der Waals surface area contributed by atoms with Crippen molar-refractivity contribution in [2.24, 2.45) is 0 Å². The topological polar surface area (TPSA) is 0 Å². The molecule has 3 rings (SSSR count). The number of hydrogen-bond acceptors (Lipinski definition) is 0. The molecule has 0 aliphatic carbocycles. The van der Waals surface area contributed by atoms with Crippen LogP contribution in [0.15, 0.2) is 60.7 Å². The summed E-state index contributed by atoms with van der Waals surface area (Å²) in [4.78, 5) is 0. The van der Waals surface area contributed by atoms with Crippen molar-refractivity contribution < 1.29 is 0 Å². The summed E-state index contributed by atoms with van der Waals surface area (Å²) in [6.45, 7) is 24.2. The van der Waals surface area contributed by atoms with Crippen LogP contribution < -0.4 is 0 Å². The fraction of sp³-hybridized carbons (Fsp3) is 0.471. The summed E-state index contributed by atoms with van der Waals surface area (Å²) >= 11 is 0. The lowest BCUT2D eigenvalue weighted by Crippen LogP contribution is -1.93. The summed E-state index contributed by atoms with van der Waals surface area (Å²) in [6.07, 6.45) is 0. The summed E-state index contributed by atoms with van der Waals surface area (Å²) in [5.74, 6) is 1.95. The zero-order valence-corrected chi connectivity index (χ0v) is 22.5. The van der Waals surface area contributed by atoms with Crippen LogP contribution in [-0.4, -0.2) is 0 Å². The minimum Gasteiger partial charge on any atom is -0.0776 e. The molecule has 3 aromatic rings. The van der Waals surface area contributed by atoms with Crippen molar-refractivity contribution in [3.8, 4) is 0 Å². The Balaban J connectivity index is 0. The van der Waals surface area contributed by atoms with E-state index in [1.807, 2.05) is 0 Å². The van der Waals surface area contributed by atoms with Crippen LogP contribution in [-0.2, 0) is 0 Å². The zero-order chi connectivity index (χ0) is 24.4. The Morgan fingerprint density at radius 2 is 0.971 bits per heavy atom. The molecule has 0 saturated carbocycles. The normalized spacial score (nSPS) is 9.94. The Kier molecular flexibility index (Phi) is 16.2. The second-order valence-electron chi connectivity index (χ2n) is 10.0. The SMILES string of the molecule is C.C.Cc1ccc(C(C)C)cc1.Cc1ccc(C(C)C)cc1C.Cc1cccc(C(C)C)c1C. The largest absolute Gasteiger partial charge is 0.0776 e. The van der Waals surface area contributed by atoms with Gasteiger partial charge in [0.2, 0.25) is 0 Å². The maximum atomic E-state index is 2.28. The fourth-order valence-corrected chi connectivity index (χ4v) is 3.47.